The van der Waals surface area contributed by atoms with E-state index in [4.69, 9.17) is 0 Å². The Labute approximate surface area is 231 Å². The molecule has 1 aromatic carbocycles. The SMILES string of the molecule is CC[C@H](C)[C@H](NC(=O)c1ccncc1)C(=O)N[C@H]1CCc2cccc3c2N(C1=O)[C@H](C(=O)NCc1cn[nH]n1)C3. The topological polar surface area (TPSA) is 162 Å². The third kappa shape index (κ3) is 5.42. The molecule has 4 heterocycles. The van der Waals surface area contributed by atoms with Crippen molar-refractivity contribution in [3.63, 3.8) is 0 Å². The summed E-state index contributed by atoms with van der Waals surface area (Å²) in [5, 5.41) is 18.8. The van der Waals surface area contributed by atoms with E-state index in [0.717, 1.165) is 16.8 Å². The van der Waals surface area contributed by atoms with Crippen LogP contribution in [0.1, 0.15) is 53.9 Å². The van der Waals surface area contributed by atoms with Crippen molar-refractivity contribution >= 4 is 29.3 Å². The third-order valence-electron chi connectivity index (χ3n) is 7.66. The summed E-state index contributed by atoms with van der Waals surface area (Å²) < 4.78 is 0. The first-order chi connectivity index (χ1) is 19.4. The second-order valence-electron chi connectivity index (χ2n) is 10.2. The first-order valence-corrected chi connectivity index (χ1v) is 13.4. The fourth-order valence-electron chi connectivity index (χ4n) is 5.27. The number of hydrogen-bond acceptors (Lipinski definition) is 7. The van der Waals surface area contributed by atoms with Gasteiger partial charge in [-0.05, 0) is 42.0 Å². The third-order valence-corrected chi connectivity index (χ3v) is 7.66. The summed E-state index contributed by atoms with van der Waals surface area (Å²) in [5.74, 6) is -1.67. The van der Waals surface area contributed by atoms with Gasteiger partial charge in [0, 0.05) is 24.4 Å². The molecule has 0 saturated carbocycles. The van der Waals surface area contributed by atoms with Gasteiger partial charge in [0.1, 0.15) is 23.8 Å². The maximum Gasteiger partial charge on any atom is 0.252 e. The Morgan fingerprint density at radius 1 is 1.15 bits per heavy atom. The van der Waals surface area contributed by atoms with E-state index in [-0.39, 0.29) is 24.3 Å². The summed E-state index contributed by atoms with van der Waals surface area (Å²) in [6, 6.07) is 6.49. The first-order valence-electron chi connectivity index (χ1n) is 13.4. The van der Waals surface area contributed by atoms with E-state index in [0.29, 0.717) is 36.9 Å². The highest BCUT2D eigenvalue weighted by Crippen LogP contribution is 2.39. The molecule has 12 heteroatoms. The molecule has 0 saturated heterocycles. The molecule has 0 fully saturated rings. The zero-order valence-corrected chi connectivity index (χ0v) is 22.4. The second kappa shape index (κ2) is 11.6. The molecule has 3 aromatic rings. The van der Waals surface area contributed by atoms with Crippen LogP contribution in [-0.2, 0) is 33.8 Å². The number of aromatic amines is 1. The fraction of sp³-hybridized carbons (Fsp3) is 0.393. The Balaban J connectivity index is 1.35. The molecule has 4 atom stereocenters. The van der Waals surface area contributed by atoms with Crippen LogP contribution in [0.3, 0.4) is 0 Å². The zero-order chi connectivity index (χ0) is 28.2. The highest BCUT2D eigenvalue weighted by atomic mass is 16.2. The molecule has 2 aliphatic heterocycles. The van der Waals surface area contributed by atoms with E-state index in [2.05, 4.69) is 36.3 Å². The highest BCUT2D eigenvalue weighted by molar-refractivity contribution is 6.08. The summed E-state index contributed by atoms with van der Waals surface area (Å²) in [6.07, 6.45) is 6.48. The number of para-hydroxylation sites is 1. The number of anilines is 1. The minimum absolute atomic E-state index is 0.172. The van der Waals surface area contributed by atoms with Gasteiger partial charge in [-0.25, -0.2) is 0 Å². The van der Waals surface area contributed by atoms with Crippen molar-refractivity contribution < 1.29 is 19.2 Å². The van der Waals surface area contributed by atoms with Crippen molar-refractivity contribution in [2.75, 3.05) is 4.90 Å². The number of hydrogen-bond donors (Lipinski definition) is 4. The molecule has 4 amide bonds. The average Bonchev–Trinajstić information content (AvgIpc) is 3.61. The number of carbonyl (C=O) groups excluding carboxylic acids is 4. The minimum Gasteiger partial charge on any atom is -0.348 e. The number of benzene rings is 1. The normalized spacial score (nSPS) is 19.2. The Morgan fingerprint density at radius 3 is 2.65 bits per heavy atom. The largest absolute Gasteiger partial charge is 0.348 e. The van der Waals surface area contributed by atoms with Gasteiger partial charge in [-0.15, -0.1) is 0 Å². The van der Waals surface area contributed by atoms with E-state index >= 15 is 0 Å². The van der Waals surface area contributed by atoms with Gasteiger partial charge in [-0.3, -0.25) is 29.1 Å². The molecule has 2 aliphatic rings. The number of aryl methyl sites for hydroxylation is 1. The summed E-state index contributed by atoms with van der Waals surface area (Å²) in [5.41, 5.74) is 3.58. The molecular formula is C28H32N8O4. The van der Waals surface area contributed by atoms with Gasteiger partial charge in [0.15, 0.2) is 0 Å². The molecule has 5 rings (SSSR count). The average molecular weight is 545 g/mol. The number of carbonyl (C=O) groups is 4. The lowest BCUT2D eigenvalue weighted by Gasteiger charge is -2.29. The molecule has 2 aromatic heterocycles. The highest BCUT2D eigenvalue weighted by Gasteiger charge is 2.44. The van der Waals surface area contributed by atoms with Crippen molar-refractivity contribution in [3.8, 4) is 0 Å². The quantitative estimate of drug-likeness (QED) is 0.313. The molecule has 0 bridgehead atoms. The molecule has 40 heavy (non-hydrogen) atoms. The Hall–Kier alpha value is -4.61. The lowest BCUT2D eigenvalue weighted by Crippen LogP contribution is -2.58. The number of pyridine rings is 1. The molecule has 0 radical (unpaired) electrons. The Morgan fingerprint density at radius 2 is 1.93 bits per heavy atom. The smallest absolute Gasteiger partial charge is 0.252 e. The van der Waals surface area contributed by atoms with Crippen LogP contribution >= 0.6 is 0 Å². The number of nitrogens with zero attached hydrogens (tertiary/aromatic N) is 4. The van der Waals surface area contributed by atoms with Crippen molar-refractivity contribution in [2.24, 2.45) is 5.92 Å². The molecule has 0 spiro atoms. The molecule has 12 nitrogen and oxygen atoms in total. The summed E-state index contributed by atoms with van der Waals surface area (Å²) in [7, 11) is 0. The van der Waals surface area contributed by atoms with Crippen molar-refractivity contribution in [2.45, 2.75) is 64.2 Å². The Bertz CT molecular complexity index is 1390. The van der Waals surface area contributed by atoms with Crippen LogP contribution < -0.4 is 20.9 Å². The van der Waals surface area contributed by atoms with Crippen LogP contribution in [0.25, 0.3) is 0 Å². The van der Waals surface area contributed by atoms with Crippen LogP contribution in [-0.4, -0.2) is 62.1 Å². The van der Waals surface area contributed by atoms with Crippen LogP contribution in [0.15, 0.2) is 48.9 Å². The van der Waals surface area contributed by atoms with E-state index < -0.39 is 29.9 Å². The second-order valence-corrected chi connectivity index (χ2v) is 10.2. The monoisotopic (exact) mass is 544 g/mol. The maximum atomic E-state index is 14.0. The van der Waals surface area contributed by atoms with E-state index in [1.807, 2.05) is 32.0 Å². The van der Waals surface area contributed by atoms with Crippen LogP contribution in [0.4, 0.5) is 5.69 Å². The van der Waals surface area contributed by atoms with Gasteiger partial charge in [0.05, 0.1) is 18.4 Å². The van der Waals surface area contributed by atoms with Gasteiger partial charge >= 0.3 is 0 Å². The van der Waals surface area contributed by atoms with Gasteiger partial charge in [0.2, 0.25) is 17.7 Å². The Kier molecular flexibility index (Phi) is 7.85. The van der Waals surface area contributed by atoms with Crippen LogP contribution in [0.5, 0.6) is 0 Å². The number of nitrogens with one attached hydrogen (secondary N) is 4. The van der Waals surface area contributed by atoms with Gasteiger partial charge in [-0.2, -0.15) is 15.4 Å². The van der Waals surface area contributed by atoms with Crippen molar-refractivity contribution in [3.05, 3.63) is 71.3 Å². The van der Waals surface area contributed by atoms with Crippen molar-refractivity contribution in [1.29, 1.82) is 0 Å². The molecular weight excluding hydrogens is 512 g/mol. The number of H-pyrrole nitrogens is 1. The number of rotatable bonds is 9. The lowest BCUT2D eigenvalue weighted by atomic mass is 9.96. The van der Waals surface area contributed by atoms with Gasteiger partial charge in [-0.1, -0.05) is 38.5 Å². The minimum atomic E-state index is -0.860. The first kappa shape index (κ1) is 27.0. The number of aromatic nitrogens is 4. The molecule has 4 N–H and O–H groups in total. The molecule has 208 valence electrons. The van der Waals surface area contributed by atoms with Crippen LogP contribution in [0.2, 0.25) is 0 Å². The standard InChI is InChI=1S/C28H32N8O4/c1-3-16(2)23(33-25(37)18-9-11-29-12-10-18)27(39)32-21-8-7-17-5-4-6-19-13-22(36(24(17)19)28(21)40)26(38)30-14-20-15-31-35-34-20/h4-6,9-12,15-16,21-23H,3,7-8,13-14H2,1-2H3,(H,30,38)(H,32,39)(H,33,37)(H,31,34,35)/t16-,21-,22-,23-/m0/s1. The predicted octanol–water partition coefficient (Wildman–Crippen LogP) is 1.05. The predicted molar refractivity (Wildman–Crippen MR) is 145 cm³/mol. The number of amides is 4. The zero-order valence-electron chi connectivity index (χ0n) is 22.4. The van der Waals surface area contributed by atoms with Crippen LogP contribution in [0, 0.1) is 5.92 Å². The van der Waals surface area contributed by atoms with E-state index in [1.165, 1.54) is 23.5 Å². The lowest BCUT2D eigenvalue weighted by molar-refractivity contribution is -0.130. The fourth-order valence-corrected chi connectivity index (χ4v) is 5.27. The molecule has 0 aliphatic carbocycles. The van der Waals surface area contributed by atoms with E-state index in [1.54, 1.807) is 12.1 Å². The van der Waals surface area contributed by atoms with Gasteiger partial charge < -0.3 is 16.0 Å². The summed E-state index contributed by atoms with van der Waals surface area (Å²) in [6.45, 7) is 3.99. The summed E-state index contributed by atoms with van der Waals surface area (Å²) in [4.78, 5) is 59.2. The summed E-state index contributed by atoms with van der Waals surface area (Å²) >= 11 is 0. The van der Waals surface area contributed by atoms with Gasteiger partial charge in [0.25, 0.3) is 5.91 Å². The molecule has 0 unspecified atom stereocenters. The maximum absolute atomic E-state index is 14.0. The van der Waals surface area contributed by atoms with E-state index in [9.17, 15) is 19.2 Å². The van der Waals surface area contributed by atoms with Crippen molar-refractivity contribution in [1.82, 2.24) is 36.3 Å².